The molecule has 0 saturated heterocycles. The summed E-state index contributed by atoms with van der Waals surface area (Å²) < 4.78 is 16.4. The molecule has 1 atom stereocenters. The number of aryl methyl sites for hydroxylation is 1. The van der Waals surface area contributed by atoms with Gasteiger partial charge in [0.05, 0.1) is 7.11 Å². The van der Waals surface area contributed by atoms with E-state index < -0.39 is 6.04 Å². The molecule has 1 heterocycles. The molecule has 0 spiro atoms. The second-order valence-electron chi connectivity index (χ2n) is 7.81. The van der Waals surface area contributed by atoms with Gasteiger partial charge in [-0.3, -0.25) is 9.59 Å². The maximum atomic E-state index is 13.2. The number of nitrogens with zero attached hydrogens (tertiary/aromatic N) is 1. The number of nitrogens with one attached hydrogen (secondary N) is 1. The van der Waals surface area contributed by atoms with Crippen LogP contribution in [0.15, 0.2) is 42.5 Å². The van der Waals surface area contributed by atoms with Gasteiger partial charge in [-0.05, 0) is 55.2 Å². The number of carbonyl (C=O) groups excluding carboxylic acids is 2. The van der Waals surface area contributed by atoms with Crippen molar-refractivity contribution in [1.82, 2.24) is 10.2 Å². The first-order valence-electron chi connectivity index (χ1n) is 11.1. The highest BCUT2D eigenvalue weighted by atomic mass is 16.6. The molecule has 2 aromatic rings. The largest absolute Gasteiger partial charge is 0.497 e. The lowest BCUT2D eigenvalue weighted by Gasteiger charge is -2.29. The lowest BCUT2D eigenvalue weighted by atomic mass is 10.1. The van der Waals surface area contributed by atoms with Gasteiger partial charge in [-0.2, -0.15) is 0 Å². The van der Waals surface area contributed by atoms with Gasteiger partial charge in [0.1, 0.15) is 25.0 Å². The van der Waals surface area contributed by atoms with E-state index in [9.17, 15) is 9.59 Å². The van der Waals surface area contributed by atoms with Crippen LogP contribution in [-0.2, 0) is 22.6 Å². The summed E-state index contributed by atoms with van der Waals surface area (Å²) in [6, 6.07) is 12.7. The predicted octanol–water partition coefficient (Wildman–Crippen LogP) is 3.34. The Kier molecular flexibility index (Phi) is 8.36. The van der Waals surface area contributed by atoms with Crippen molar-refractivity contribution in [2.45, 2.75) is 45.7 Å². The molecule has 0 fully saturated rings. The first-order chi connectivity index (χ1) is 15.5. The SMILES string of the molecule is CCCNC(=O)C(C)N(Cc1ccc(OC)cc1)C(=O)CCc1ccc2c(c1)OCCO2. The molecule has 2 aromatic carbocycles. The fraction of sp³-hybridized carbons (Fsp3) is 0.440. The molecule has 0 bridgehead atoms. The Morgan fingerprint density at radius 2 is 1.75 bits per heavy atom. The summed E-state index contributed by atoms with van der Waals surface area (Å²) in [6.07, 6.45) is 1.69. The van der Waals surface area contributed by atoms with Crippen molar-refractivity contribution in [2.75, 3.05) is 26.9 Å². The van der Waals surface area contributed by atoms with Crippen LogP contribution >= 0.6 is 0 Å². The van der Waals surface area contributed by atoms with Crippen molar-refractivity contribution >= 4 is 11.8 Å². The minimum Gasteiger partial charge on any atom is -0.497 e. The summed E-state index contributed by atoms with van der Waals surface area (Å²) in [5, 5.41) is 2.90. The quantitative estimate of drug-likeness (QED) is 0.613. The summed E-state index contributed by atoms with van der Waals surface area (Å²) in [4.78, 5) is 27.5. The van der Waals surface area contributed by atoms with Crippen molar-refractivity contribution in [3.8, 4) is 17.2 Å². The minimum absolute atomic E-state index is 0.0742. The van der Waals surface area contributed by atoms with E-state index in [0.717, 1.165) is 29.0 Å². The number of hydrogen-bond donors (Lipinski definition) is 1. The third-order valence-corrected chi connectivity index (χ3v) is 5.46. The molecule has 1 aliphatic rings. The van der Waals surface area contributed by atoms with E-state index in [-0.39, 0.29) is 11.8 Å². The highest BCUT2D eigenvalue weighted by molar-refractivity contribution is 5.87. The first kappa shape index (κ1) is 23.4. The fourth-order valence-electron chi connectivity index (χ4n) is 3.54. The number of rotatable bonds is 10. The normalized spacial score (nSPS) is 13.2. The summed E-state index contributed by atoms with van der Waals surface area (Å²) in [5.74, 6) is 1.97. The molecule has 3 rings (SSSR count). The maximum absolute atomic E-state index is 13.2. The van der Waals surface area contributed by atoms with Crippen molar-refractivity contribution in [1.29, 1.82) is 0 Å². The number of fused-ring (bicyclic) bond motifs is 1. The van der Waals surface area contributed by atoms with E-state index in [1.54, 1.807) is 18.9 Å². The summed E-state index contributed by atoms with van der Waals surface area (Å²) in [5.41, 5.74) is 1.93. The number of ether oxygens (including phenoxy) is 3. The second-order valence-corrected chi connectivity index (χ2v) is 7.81. The Hall–Kier alpha value is -3.22. The zero-order valence-electron chi connectivity index (χ0n) is 19.1. The number of amides is 2. The minimum atomic E-state index is -0.573. The first-order valence-corrected chi connectivity index (χ1v) is 11.1. The molecule has 0 radical (unpaired) electrons. The smallest absolute Gasteiger partial charge is 0.242 e. The zero-order valence-corrected chi connectivity index (χ0v) is 19.1. The molecule has 0 aromatic heterocycles. The van der Waals surface area contributed by atoms with E-state index in [0.29, 0.717) is 44.9 Å². The molecule has 0 aliphatic carbocycles. The molecular formula is C25H32N2O5. The van der Waals surface area contributed by atoms with Crippen molar-refractivity contribution < 1.29 is 23.8 Å². The number of benzene rings is 2. The lowest BCUT2D eigenvalue weighted by Crippen LogP contribution is -2.47. The van der Waals surface area contributed by atoms with Crippen LogP contribution in [0.2, 0.25) is 0 Å². The Morgan fingerprint density at radius 1 is 1.06 bits per heavy atom. The van der Waals surface area contributed by atoms with Crippen LogP contribution in [0, 0.1) is 0 Å². The molecule has 1 aliphatic heterocycles. The third-order valence-electron chi connectivity index (χ3n) is 5.46. The molecule has 0 saturated carbocycles. The van der Waals surface area contributed by atoms with Crippen LogP contribution in [0.4, 0.5) is 0 Å². The van der Waals surface area contributed by atoms with E-state index in [4.69, 9.17) is 14.2 Å². The van der Waals surface area contributed by atoms with E-state index in [1.165, 1.54) is 0 Å². The summed E-state index contributed by atoms with van der Waals surface area (Å²) in [7, 11) is 1.61. The van der Waals surface area contributed by atoms with Crippen molar-refractivity contribution in [3.63, 3.8) is 0 Å². The highest BCUT2D eigenvalue weighted by Gasteiger charge is 2.26. The molecule has 7 heteroatoms. The maximum Gasteiger partial charge on any atom is 0.242 e. The average Bonchev–Trinajstić information content (AvgIpc) is 2.84. The lowest BCUT2D eigenvalue weighted by molar-refractivity contribution is -0.140. The number of carbonyl (C=O) groups is 2. The van der Waals surface area contributed by atoms with Crippen LogP contribution in [0.1, 0.15) is 37.8 Å². The fourth-order valence-corrected chi connectivity index (χ4v) is 3.54. The van der Waals surface area contributed by atoms with Crippen molar-refractivity contribution in [2.24, 2.45) is 0 Å². The summed E-state index contributed by atoms with van der Waals surface area (Å²) in [6.45, 7) is 5.78. The van der Waals surface area contributed by atoms with Gasteiger partial charge in [-0.25, -0.2) is 0 Å². The van der Waals surface area contributed by atoms with Crippen LogP contribution in [0.5, 0.6) is 17.2 Å². The predicted molar refractivity (Wildman–Crippen MR) is 122 cm³/mol. The van der Waals surface area contributed by atoms with Crippen LogP contribution < -0.4 is 19.5 Å². The third kappa shape index (κ3) is 6.15. The van der Waals surface area contributed by atoms with Gasteiger partial charge in [0.2, 0.25) is 11.8 Å². The zero-order chi connectivity index (χ0) is 22.9. The van der Waals surface area contributed by atoms with Crippen molar-refractivity contribution in [3.05, 3.63) is 53.6 Å². The molecule has 7 nitrogen and oxygen atoms in total. The number of hydrogen-bond acceptors (Lipinski definition) is 5. The molecular weight excluding hydrogens is 408 g/mol. The molecule has 172 valence electrons. The van der Waals surface area contributed by atoms with E-state index in [2.05, 4.69) is 5.32 Å². The van der Waals surface area contributed by atoms with Gasteiger partial charge in [0, 0.05) is 19.5 Å². The van der Waals surface area contributed by atoms with E-state index >= 15 is 0 Å². The molecule has 32 heavy (non-hydrogen) atoms. The van der Waals surface area contributed by atoms with Crippen LogP contribution in [0.25, 0.3) is 0 Å². The van der Waals surface area contributed by atoms with Crippen LogP contribution in [-0.4, -0.2) is 49.6 Å². The topological polar surface area (TPSA) is 77.1 Å². The van der Waals surface area contributed by atoms with Crippen LogP contribution in [0.3, 0.4) is 0 Å². The van der Waals surface area contributed by atoms with Gasteiger partial charge in [-0.15, -0.1) is 0 Å². The van der Waals surface area contributed by atoms with Gasteiger partial charge in [0.15, 0.2) is 11.5 Å². The Balaban J connectivity index is 1.70. The van der Waals surface area contributed by atoms with Gasteiger partial charge >= 0.3 is 0 Å². The standard InChI is InChI=1S/C25H32N2O5/c1-4-13-26-25(29)18(2)27(17-20-5-9-21(30-3)10-6-20)24(28)12-8-19-7-11-22-23(16-19)32-15-14-31-22/h5-7,9-11,16,18H,4,8,12-15,17H2,1-3H3,(H,26,29). The van der Waals surface area contributed by atoms with Gasteiger partial charge in [-0.1, -0.05) is 25.1 Å². The second kappa shape index (κ2) is 11.4. The van der Waals surface area contributed by atoms with E-state index in [1.807, 2.05) is 49.4 Å². The van der Waals surface area contributed by atoms with Gasteiger partial charge in [0.25, 0.3) is 0 Å². The number of methoxy groups -OCH3 is 1. The molecule has 1 N–H and O–H groups in total. The Morgan fingerprint density at radius 3 is 2.44 bits per heavy atom. The molecule has 2 amide bonds. The highest BCUT2D eigenvalue weighted by Crippen LogP contribution is 2.31. The average molecular weight is 441 g/mol. The monoisotopic (exact) mass is 440 g/mol. The Labute approximate surface area is 189 Å². The summed E-state index contributed by atoms with van der Waals surface area (Å²) >= 11 is 0. The van der Waals surface area contributed by atoms with Gasteiger partial charge < -0.3 is 24.4 Å². The Bertz CT molecular complexity index is 913. The molecule has 1 unspecified atom stereocenters.